The van der Waals surface area contributed by atoms with E-state index >= 15 is 0 Å². The van der Waals surface area contributed by atoms with Crippen LogP contribution in [-0.2, 0) is 6.54 Å². The number of primary amides is 1. The third kappa shape index (κ3) is 3.72. The van der Waals surface area contributed by atoms with Crippen LogP contribution in [0.5, 0.6) is 0 Å². The number of amides is 1. The Bertz CT molecular complexity index is 1350. The number of nitrogens with two attached hydrogens (primary N) is 1. The van der Waals surface area contributed by atoms with Crippen molar-refractivity contribution in [2.24, 2.45) is 17.6 Å². The van der Waals surface area contributed by atoms with Crippen LogP contribution in [0.4, 0.5) is 0 Å². The van der Waals surface area contributed by atoms with E-state index in [9.17, 15) is 4.79 Å². The normalized spacial score (nSPS) is 22.5. The van der Waals surface area contributed by atoms with Crippen molar-refractivity contribution >= 4 is 16.8 Å². The van der Waals surface area contributed by atoms with Gasteiger partial charge in [0.2, 0.25) is 0 Å². The molecule has 2 aromatic heterocycles. The van der Waals surface area contributed by atoms with Gasteiger partial charge in [0.15, 0.2) is 5.69 Å². The van der Waals surface area contributed by atoms with Gasteiger partial charge in [-0.15, -0.1) is 0 Å². The molecule has 6 rings (SSSR count). The van der Waals surface area contributed by atoms with Gasteiger partial charge in [-0.3, -0.25) is 4.79 Å². The molecule has 1 aliphatic heterocycles. The maximum Gasteiger partial charge on any atom is 0.269 e. The molecule has 2 N–H and O–H groups in total. The fraction of sp³-hybridized carbons (Fsp3) is 0.357. The number of nitrogens with zero attached hydrogens (tertiary/aromatic N) is 4. The van der Waals surface area contributed by atoms with Crippen molar-refractivity contribution in [3.8, 4) is 5.69 Å². The molecule has 3 atom stereocenters. The Hall–Kier alpha value is -3.38. The van der Waals surface area contributed by atoms with Gasteiger partial charge in [-0.25, -0.2) is 4.68 Å². The Morgan fingerprint density at radius 2 is 1.76 bits per heavy atom. The van der Waals surface area contributed by atoms with Crippen molar-refractivity contribution < 1.29 is 4.79 Å². The maximum absolute atomic E-state index is 11.5. The molecule has 6 nitrogen and oxygen atoms in total. The number of fused-ring (bicyclic) bond motifs is 2. The number of rotatable bonds is 5. The summed E-state index contributed by atoms with van der Waals surface area (Å²) < 4.78 is 4.06. The van der Waals surface area contributed by atoms with E-state index in [1.54, 1.807) is 10.7 Å². The van der Waals surface area contributed by atoms with E-state index in [1.165, 1.54) is 42.6 Å². The summed E-state index contributed by atoms with van der Waals surface area (Å²) in [5.74, 6) is 1.99. The van der Waals surface area contributed by atoms with E-state index in [0.29, 0.717) is 0 Å². The van der Waals surface area contributed by atoms with Crippen molar-refractivity contribution in [3.63, 3.8) is 0 Å². The summed E-state index contributed by atoms with van der Waals surface area (Å²) in [4.78, 5) is 14.0. The molecule has 2 aliphatic rings. The van der Waals surface area contributed by atoms with E-state index < -0.39 is 5.91 Å². The summed E-state index contributed by atoms with van der Waals surface area (Å²) in [6, 6.07) is 19.4. The van der Waals surface area contributed by atoms with Gasteiger partial charge in [0, 0.05) is 42.4 Å². The zero-order valence-electron chi connectivity index (χ0n) is 19.8. The number of carbonyl (C=O) groups excluding carboxylic acids is 1. The van der Waals surface area contributed by atoms with E-state index in [1.807, 2.05) is 13.0 Å². The van der Waals surface area contributed by atoms with Crippen LogP contribution in [0.1, 0.15) is 46.1 Å². The monoisotopic (exact) mass is 453 g/mol. The lowest BCUT2D eigenvalue weighted by molar-refractivity contribution is 0.0995. The number of hydrogen-bond donors (Lipinski definition) is 1. The molecule has 1 amide bonds. The summed E-state index contributed by atoms with van der Waals surface area (Å²) in [5, 5.41) is 5.50. The van der Waals surface area contributed by atoms with E-state index in [2.05, 4.69) is 70.3 Å². The summed E-state index contributed by atoms with van der Waals surface area (Å²) >= 11 is 0. The Morgan fingerprint density at radius 1 is 1.03 bits per heavy atom. The van der Waals surface area contributed by atoms with Crippen LogP contribution in [0.2, 0.25) is 0 Å². The zero-order chi connectivity index (χ0) is 23.4. The first kappa shape index (κ1) is 21.2. The fourth-order valence-electron chi connectivity index (χ4n) is 6.21. The van der Waals surface area contributed by atoms with Gasteiger partial charge >= 0.3 is 0 Å². The van der Waals surface area contributed by atoms with Gasteiger partial charge < -0.3 is 15.2 Å². The van der Waals surface area contributed by atoms with Gasteiger partial charge in [0.05, 0.1) is 5.69 Å². The molecule has 2 aromatic carbocycles. The van der Waals surface area contributed by atoms with Crippen LogP contribution in [-0.4, -0.2) is 45.3 Å². The van der Waals surface area contributed by atoms with Crippen molar-refractivity contribution in [2.75, 3.05) is 20.1 Å². The molecule has 0 spiro atoms. The fourth-order valence-corrected chi connectivity index (χ4v) is 6.21. The van der Waals surface area contributed by atoms with Gasteiger partial charge in [-0.2, -0.15) is 5.10 Å². The lowest BCUT2D eigenvalue weighted by Gasteiger charge is -2.15. The first-order chi connectivity index (χ1) is 16.4. The highest BCUT2D eigenvalue weighted by atomic mass is 16.1. The van der Waals surface area contributed by atoms with Crippen molar-refractivity contribution in [3.05, 3.63) is 83.3 Å². The Kier molecular flexibility index (Phi) is 5.06. The molecule has 1 unspecified atom stereocenters. The first-order valence-corrected chi connectivity index (χ1v) is 12.2. The second kappa shape index (κ2) is 8.13. The molecule has 1 aliphatic carbocycles. The smallest absolute Gasteiger partial charge is 0.269 e. The van der Waals surface area contributed by atoms with Crippen LogP contribution in [0.25, 0.3) is 16.6 Å². The molecule has 2 fully saturated rings. The molecule has 174 valence electrons. The van der Waals surface area contributed by atoms with Crippen molar-refractivity contribution in [1.82, 2.24) is 19.2 Å². The molecule has 4 aromatic rings. The van der Waals surface area contributed by atoms with Crippen molar-refractivity contribution in [1.29, 1.82) is 0 Å². The highest BCUT2D eigenvalue weighted by Gasteiger charge is 2.39. The van der Waals surface area contributed by atoms with E-state index in [0.717, 1.165) is 41.1 Å². The van der Waals surface area contributed by atoms with Crippen LogP contribution < -0.4 is 5.73 Å². The lowest BCUT2D eigenvalue weighted by atomic mass is 9.95. The largest absolute Gasteiger partial charge is 0.364 e. The number of carbonyl (C=O) groups is 1. The summed E-state index contributed by atoms with van der Waals surface area (Å²) in [6.07, 6.45) is 4.83. The number of likely N-dealkylation sites (tertiary alicyclic amines) is 1. The number of hydrogen-bond acceptors (Lipinski definition) is 3. The third-order valence-corrected chi connectivity index (χ3v) is 7.88. The van der Waals surface area contributed by atoms with E-state index in [4.69, 9.17) is 5.73 Å². The van der Waals surface area contributed by atoms with Crippen LogP contribution >= 0.6 is 0 Å². The average Bonchev–Trinajstić information content (AvgIpc) is 3.57. The minimum atomic E-state index is -0.511. The first-order valence-electron chi connectivity index (χ1n) is 12.2. The van der Waals surface area contributed by atoms with Crippen LogP contribution in [0.15, 0.2) is 60.8 Å². The average molecular weight is 454 g/mol. The predicted octanol–water partition coefficient (Wildman–Crippen LogP) is 4.34. The maximum atomic E-state index is 11.5. The topological polar surface area (TPSA) is 69.1 Å². The van der Waals surface area contributed by atoms with E-state index in [-0.39, 0.29) is 5.69 Å². The molecule has 1 saturated carbocycles. The molecular weight excluding hydrogens is 422 g/mol. The minimum absolute atomic E-state index is 0.284. The van der Waals surface area contributed by atoms with Crippen LogP contribution in [0, 0.1) is 18.8 Å². The zero-order valence-corrected chi connectivity index (χ0v) is 19.8. The molecule has 3 heterocycles. The second-order valence-electron chi connectivity index (χ2n) is 10.3. The summed E-state index contributed by atoms with van der Waals surface area (Å²) in [7, 11) is 2.26. The Balaban J connectivity index is 1.19. The number of benzene rings is 2. The lowest BCUT2D eigenvalue weighted by Crippen LogP contribution is -2.16. The Labute approximate surface area is 200 Å². The highest BCUT2D eigenvalue weighted by Crippen LogP contribution is 2.45. The highest BCUT2D eigenvalue weighted by molar-refractivity contribution is 5.91. The molecule has 1 saturated heterocycles. The van der Waals surface area contributed by atoms with Gasteiger partial charge in [-0.05, 0) is 86.0 Å². The molecule has 6 heteroatoms. The van der Waals surface area contributed by atoms with Gasteiger partial charge in [0.25, 0.3) is 5.91 Å². The van der Waals surface area contributed by atoms with Gasteiger partial charge in [0.1, 0.15) is 0 Å². The molecule has 0 bridgehead atoms. The van der Waals surface area contributed by atoms with Gasteiger partial charge in [-0.1, -0.05) is 24.3 Å². The molecular formula is C28H31N5O. The summed E-state index contributed by atoms with van der Waals surface area (Å²) in [5.41, 5.74) is 11.5. The molecule has 34 heavy (non-hydrogen) atoms. The SMILES string of the molecule is Cc1cc(C(N)=O)nn1-c1ccc2c(ccn2Cc2ccc(C3C[C@@H]4CN(C)C[C@@H]4C3)cc2)c1. The number of aromatic nitrogens is 3. The predicted molar refractivity (Wildman–Crippen MR) is 134 cm³/mol. The second-order valence-corrected chi connectivity index (χ2v) is 10.3. The molecule has 0 radical (unpaired) electrons. The summed E-state index contributed by atoms with van der Waals surface area (Å²) in [6.45, 7) is 5.31. The van der Waals surface area contributed by atoms with Crippen LogP contribution in [0.3, 0.4) is 0 Å². The number of aryl methyl sites for hydroxylation is 1. The minimum Gasteiger partial charge on any atom is -0.364 e. The van der Waals surface area contributed by atoms with Crippen molar-refractivity contribution in [2.45, 2.75) is 32.2 Å². The Morgan fingerprint density at radius 3 is 2.44 bits per heavy atom. The quantitative estimate of drug-likeness (QED) is 0.489. The third-order valence-electron chi connectivity index (χ3n) is 7.88. The standard InChI is InChI=1S/C28H31N5O/c1-18-11-26(28(29)34)30-33(18)25-7-8-27-21(14-25)9-10-32(27)15-19-3-5-20(6-4-19)22-12-23-16-31(2)17-24(23)13-22/h3-11,14,22-24H,12-13,15-17H2,1-2H3,(H2,29,34)/t22?,23-,24+.